The number of nitrogens with two attached hydrogens (primary N) is 1. The molecule has 0 aliphatic carbocycles. The normalized spacial score (nSPS) is 13.1. The van der Waals surface area contributed by atoms with Crippen molar-refractivity contribution in [1.82, 2.24) is 9.55 Å². The van der Waals surface area contributed by atoms with E-state index in [4.69, 9.17) is 10.8 Å². The highest BCUT2D eigenvalue weighted by Crippen LogP contribution is 2.17. The van der Waals surface area contributed by atoms with Crippen LogP contribution >= 0.6 is 0 Å². The van der Waals surface area contributed by atoms with E-state index in [1.54, 1.807) is 0 Å². The Morgan fingerprint density at radius 3 is 2.88 bits per heavy atom. The first-order valence-corrected chi connectivity index (χ1v) is 6.03. The van der Waals surface area contributed by atoms with Crippen LogP contribution in [0.3, 0.4) is 0 Å². The predicted molar refractivity (Wildman–Crippen MR) is 68.8 cm³/mol. The van der Waals surface area contributed by atoms with Crippen molar-refractivity contribution < 1.29 is 5.11 Å². The van der Waals surface area contributed by atoms with E-state index < -0.39 is 0 Å². The van der Waals surface area contributed by atoms with Crippen molar-refractivity contribution in [3.63, 3.8) is 0 Å². The number of aliphatic hydroxyl groups excluding tert-OH is 1. The van der Waals surface area contributed by atoms with Crippen LogP contribution in [0.2, 0.25) is 0 Å². The number of imidazole rings is 1. The number of rotatable bonds is 5. The second kappa shape index (κ2) is 5.29. The molecule has 1 aromatic carbocycles. The van der Waals surface area contributed by atoms with Crippen molar-refractivity contribution >= 4 is 11.0 Å². The summed E-state index contributed by atoms with van der Waals surface area (Å²) in [5, 5.41) is 9.13. The molecule has 92 valence electrons. The molecular formula is C13H19N3O. The maximum atomic E-state index is 9.13. The number of aromatic nitrogens is 2. The third-order valence-electron chi connectivity index (χ3n) is 2.88. The lowest BCUT2D eigenvalue weighted by atomic mass is 10.2. The summed E-state index contributed by atoms with van der Waals surface area (Å²) >= 11 is 0. The van der Waals surface area contributed by atoms with Gasteiger partial charge in [0.2, 0.25) is 0 Å². The van der Waals surface area contributed by atoms with Crippen molar-refractivity contribution in [3.05, 3.63) is 30.1 Å². The number of aliphatic hydroxyl groups is 1. The number of para-hydroxylation sites is 2. The topological polar surface area (TPSA) is 64.1 Å². The minimum absolute atomic E-state index is 0.130. The summed E-state index contributed by atoms with van der Waals surface area (Å²) in [4.78, 5) is 4.60. The highest BCUT2D eigenvalue weighted by Gasteiger charge is 2.10. The molecule has 0 amide bonds. The van der Waals surface area contributed by atoms with Crippen molar-refractivity contribution in [2.45, 2.75) is 32.4 Å². The molecule has 2 aromatic rings. The first-order valence-electron chi connectivity index (χ1n) is 6.03. The third kappa shape index (κ3) is 2.65. The van der Waals surface area contributed by atoms with E-state index in [0.717, 1.165) is 29.7 Å². The number of aryl methyl sites for hydroxylation is 1. The molecule has 17 heavy (non-hydrogen) atoms. The summed E-state index contributed by atoms with van der Waals surface area (Å²) in [5.41, 5.74) is 7.84. The average Bonchev–Trinajstić information content (AvgIpc) is 2.66. The van der Waals surface area contributed by atoms with Gasteiger partial charge in [0.1, 0.15) is 5.82 Å². The zero-order chi connectivity index (χ0) is 12.3. The van der Waals surface area contributed by atoms with E-state index in [0.29, 0.717) is 6.54 Å². The van der Waals surface area contributed by atoms with Crippen LogP contribution < -0.4 is 5.73 Å². The van der Waals surface area contributed by atoms with Crippen LogP contribution in [0.1, 0.15) is 19.2 Å². The largest absolute Gasteiger partial charge is 0.395 e. The second-order valence-electron chi connectivity index (χ2n) is 4.41. The Morgan fingerprint density at radius 1 is 1.41 bits per heavy atom. The first kappa shape index (κ1) is 12.1. The number of fused-ring (bicyclic) bond motifs is 1. The molecule has 0 fully saturated rings. The van der Waals surface area contributed by atoms with Crippen LogP contribution in [0.4, 0.5) is 0 Å². The molecule has 4 heteroatoms. The quantitative estimate of drug-likeness (QED) is 0.818. The van der Waals surface area contributed by atoms with Gasteiger partial charge in [0.15, 0.2) is 0 Å². The highest BCUT2D eigenvalue weighted by atomic mass is 16.3. The van der Waals surface area contributed by atoms with Gasteiger partial charge in [-0.2, -0.15) is 0 Å². The molecule has 0 saturated carbocycles. The van der Waals surface area contributed by atoms with Crippen LogP contribution in [0.15, 0.2) is 24.3 Å². The monoisotopic (exact) mass is 233 g/mol. The van der Waals surface area contributed by atoms with Crippen LogP contribution in [0, 0.1) is 0 Å². The minimum atomic E-state index is 0.130. The Labute approximate surface area is 101 Å². The first-order chi connectivity index (χ1) is 8.22. The fourth-order valence-corrected chi connectivity index (χ4v) is 2.02. The Kier molecular flexibility index (Phi) is 3.76. The van der Waals surface area contributed by atoms with Crippen LogP contribution in [-0.2, 0) is 13.0 Å². The molecular weight excluding hydrogens is 214 g/mol. The Bertz CT molecular complexity index is 490. The average molecular weight is 233 g/mol. The fourth-order valence-electron chi connectivity index (χ4n) is 2.02. The molecule has 0 saturated heterocycles. The lowest BCUT2D eigenvalue weighted by Crippen LogP contribution is -2.17. The van der Waals surface area contributed by atoms with Crippen molar-refractivity contribution in [1.29, 1.82) is 0 Å². The lowest BCUT2D eigenvalue weighted by Gasteiger charge is -2.08. The summed E-state index contributed by atoms with van der Waals surface area (Å²) in [6, 6.07) is 8.19. The Hall–Kier alpha value is -1.39. The number of hydrogen-bond donors (Lipinski definition) is 2. The van der Waals surface area contributed by atoms with Gasteiger partial charge in [0, 0.05) is 19.0 Å². The molecule has 0 bridgehead atoms. The Morgan fingerprint density at radius 2 is 2.18 bits per heavy atom. The van der Waals surface area contributed by atoms with E-state index in [1.807, 2.05) is 31.2 Å². The van der Waals surface area contributed by atoms with Crippen molar-refractivity contribution in [2.24, 2.45) is 5.73 Å². The van der Waals surface area contributed by atoms with Gasteiger partial charge < -0.3 is 15.4 Å². The van der Waals surface area contributed by atoms with Gasteiger partial charge >= 0.3 is 0 Å². The third-order valence-corrected chi connectivity index (χ3v) is 2.88. The van der Waals surface area contributed by atoms with Crippen LogP contribution in [0.5, 0.6) is 0 Å². The molecule has 4 nitrogen and oxygen atoms in total. The molecule has 1 heterocycles. The standard InChI is InChI=1S/C13H19N3O/c1-10(14)6-7-13-15-11-4-2-3-5-12(11)16(13)8-9-17/h2-5,10,17H,6-9,14H2,1H3. The molecule has 2 rings (SSSR count). The summed E-state index contributed by atoms with van der Waals surface area (Å²) in [6.45, 7) is 2.72. The number of benzene rings is 1. The summed E-state index contributed by atoms with van der Waals surface area (Å²) in [7, 11) is 0. The SMILES string of the molecule is CC(N)CCc1nc2ccccc2n1CCO. The molecule has 0 radical (unpaired) electrons. The molecule has 1 atom stereocenters. The van der Waals surface area contributed by atoms with Gasteiger partial charge in [-0.25, -0.2) is 4.98 Å². The maximum Gasteiger partial charge on any atom is 0.109 e. The van der Waals surface area contributed by atoms with E-state index in [9.17, 15) is 0 Å². The van der Waals surface area contributed by atoms with Gasteiger partial charge in [-0.1, -0.05) is 12.1 Å². The summed E-state index contributed by atoms with van der Waals surface area (Å²) in [5.74, 6) is 1.01. The number of hydrogen-bond acceptors (Lipinski definition) is 3. The highest BCUT2D eigenvalue weighted by molar-refractivity contribution is 5.75. The van der Waals surface area contributed by atoms with E-state index >= 15 is 0 Å². The number of nitrogens with zero attached hydrogens (tertiary/aromatic N) is 2. The summed E-state index contributed by atoms with van der Waals surface area (Å²) < 4.78 is 2.08. The molecule has 0 aliphatic heterocycles. The van der Waals surface area contributed by atoms with Crippen LogP contribution in [-0.4, -0.2) is 27.3 Å². The van der Waals surface area contributed by atoms with Gasteiger partial charge in [-0.3, -0.25) is 0 Å². The van der Waals surface area contributed by atoms with Gasteiger partial charge in [-0.15, -0.1) is 0 Å². The van der Waals surface area contributed by atoms with E-state index in [2.05, 4.69) is 9.55 Å². The van der Waals surface area contributed by atoms with E-state index in [-0.39, 0.29) is 12.6 Å². The molecule has 1 unspecified atom stereocenters. The van der Waals surface area contributed by atoms with Gasteiger partial charge in [0.25, 0.3) is 0 Å². The zero-order valence-electron chi connectivity index (χ0n) is 10.1. The molecule has 0 spiro atoms. The van der Waals surface area contributed by atoms with Gasteiger partial charge in [0.05, 0.1) is 17.6 Å². The fraction of sp³-hybridized carbons (Fsp3) is 0.462. The maximum absolute atomic E-state index is 9.13. The molecule has 0 aliphatic rings. The van der Waals surface area contributed by atoms with Crippen molar-refractivity contribution in [2.75, 3.05) is 6.61 Å². The smallest absolute Gasteiger partial charge is 0.109 e. The zero-order valence-corrected chi connectivity index (χ0v) is 10.1. The van der Waals surface area contributed by atoms with E-state index in [1.165, 1.54) is 0 Å². The van der Waals surface area contributed by atoms with Gasteiger partial charge in [-0.05, 0) is 25.5 Å². The van der Waals surface area contributed by atoms with Crippen LogP contribution in [0.25, 0.3) is 11.0 Å². The lowest BCUT2D eigenvalue weighted by molar-refractivity contribution is 0.276. The van der Waals surface area contributed by atoms with Crippen molar-refractivity contribution in [3.8, 4) is 0 Å². The minimum Gasteiger partial charge on any atom is -0.395 e. The summed E-state index contributed by atoms with van der Waals surface area (Å²) in [6.07, 6.45) is 1.76. The molecule has 3 N–H and O–H groups in total. The molecule has 1 aromatic heterocycles. The predicted octanol–water partition coefficient (Wildman–Crippen LogP) is 1.31. The Balaban J connectivity index is 2.35. The second-order valence-corrected chi connectivity index (χ2v) is 4.41.